The fraction of sp³-hybridized carbons (Fsp3) is 0.250. The second-order valence-electron chi connectivity index (χ2n) is 9.19. The van der Waals surface area contributed by atoms with E-state index in [1.54, 1.807) is 6.07 Å². The lowest BCUT2D eigenvalue weighted by atomic mass is 9.73. The van der Waals surface area contributed by atoms with Crippen LogP contribution < -0.4 is 10.2 Å². The molecule has 184 valence electrons. The SMILES string of the molecule is O=C(Nc1ccccc1C(F)(F)F)c1cccc(N2C(=O)[C@@H]3CC[C@H](c4ccccc4)C[C@H]3C2=O)c1. The maximum Gasteiger partial charge on any atom is 0.418 e. The zero-order chi connectivity index (χ0) is 25.4. The zero-order valence-electron chi connectivity index (χ0n) is 19.2. The maximum absolute atomic E-state index is 13.3. The Kier molecular flexibility index (Phi) is 6.12. The van der Waals surface area contributed by atoms with Crippen LogP contribution in [0, 0.1) is 11.8 Å². The molecule has 5 nitrogen and oxygen atoms in total. The molecule has 1 heterocycles. The molecule has 2 aliphatic rings. The fourth-order valence-corrected chi connectivity index (χ4v) is 5.28. The minimum Gasteiger partial charge on any atom is -0.321 e. The second-order valence-corrected chi connectivity index (χ2v) is 9.19. The van der Waals surface area contributed by atoms with Crippen molar-refractivity contribution in [1.82, 2.24) is 0 Å². The largest absolute Gasteiger partial charge is 0.418 e. The number of hydrogen-bond donors (Lipinski definition) is 1. The molecule has 3 aromatic carbocycles. The average molecular weight is 492 g/mol. The first-order valence-electron chi connectivity index (χ1n) is 11.7. The molecule has 5 rings (SSSR count). The van der Waals surface area contributed by atoms with E-state index in [9.17, 15) is 27.6 Å². The molecule has 0 bridgehead atoms. The Hall–Kier alpha value is -3.94. The van der Waals surface area contributed by atoms with Gasteiger partial charge in [0.05, 0.1) is 28.8 Å². The van der Waals surface area contributed by atoms with Gasteiger partial charge in [0.25, 0.3) is 5.91 Å². The quantitative estimate of drug-likeness (QED) is 0.452. The molecule has 3 amide bonds. The summed E-state index contributed by atoms with van der Waals surface area (Å²) in [5.74, 6) is -2.02. The Balaban J connectivity index is 1.37. The number of imide groups is 1. The number of hydrogen-bond acceptors (Lipinski definition) is 3. The van der Waals surface area contributed by atoms with Crippen LogP contribution in [0.2, 0.25) is 0 Å². The van der Waals surface area contributed by atoms with E-state index in [4.69, 9.17) is 0 Å². The van der Waals surface area contributed by atoms with Gasteiger partial charge in [-0.05, 0) is 61.1 Å². The number of amides is 3. The number of carbonyl (C=O) groups excluding carboxylic acids is 3. The molecule has 3 aromatic rings. The van der Waals surface area contributed by atoms with Gasteiger partial charge in [0, 0.05) is 5.56 Å². The summed E-state index contributed by atoms with van der Waals surface area (Å²) in [6.45, 7) is 0. The summed E-state index contributed by atoms with van der Waals surface area (Å²) in [5, 5.41) is 2.30. The summed E-state index contributed by atoms with van der Waals surface area (Å²) in [6, 6.07) is 20.5. The van der Waals surface area contributed by atoms with Crippen LogP contribution in [0.5, 0.6) is 0 Å². The van der Waals surface area contributed by atoms with Gasteiger partial charge in [0.2, 0.25) is 11.8 Å². The van der Waals surface area contributed by atoms with Crippen molar-refractivity contribution in [2.24, 2.45) is 11.8 Å². The summed E-state index contributed by atoms with van der Waals surface area (Å²) in [7, 11) is 0. The summed E-state index contributed by atoms with van der Waals surface area (Å²) < 4.78 is 39.9. The molecule has 0 aromatic heterocycles. The fourth-order valence-electron chi connectivity index (χ4n) is 5.28. The maximum atomic E-state index is 13.3. The van der Waals surface area contributed by atoms with E-state index < -0.39 is 29.5 Å². The van der Waals surface area contributed by atoms with Crippen molar-refractivity contribution in [2.75, 3.05) is 10.2 Å². The number of rotatable bonds is 4. The molecular formula is C28H23F3N2O3. The van der Waals surface area contributed by atoms with Gasteiger partial charge in [-0.15, -0.1) is 0 Å². The Bertz CT molecular complexity index is 1320. The third kappa shape index (κ3) is 4.39. The van der Waals surface area contributed by atoms with Crippen molar-refractivity contribution >= 4 is 29.1 Å². The first-order chi connectivity index (χ1) is 17.2. The predicted molar refractivity (Wildman–Crippen MR) is 128 cm³/mol. The molecule has 0 unspecified atom stereocenters. The summed E-state index contributed by atoms with van der Waals surface area (Å²) >= 11 is 0. The third-order valence-electron chi connectivity index (χ3n) is 7.04. The Morgan fingerprint density at radius 1 is 0.833 bits per heavy atom. The highest BCUT2D eigenvalue weighted by atomic mass is 19.4. The van der Waals surface area contributed by atoms with Gasteiger partial charge in [-0.3, -0.25) is 19.3 Å². The van der Waals surface area contributed by atoms with Crippen LogP contribution in [-0.2, 0) is 15.8 Å². The van der Waals surface area contributed by atoms with Gasteiger partial charge in [0.1, 0.15) is 0 Å². The number of alkyl halides is 3. The lowest BCUT2D eigenvalue weighted by Crippen LogP contribution is -2.31. The van der Waals surface area contributed by atoms with Crippen LogP contribution in [0.3, 0.4) is 0 Å². The third-order valence-corrected chi connectivity index (χ3v) is 7.04. The van der Waals surface area contributed by atoms with Gasteiger partial charge in [-0.1, -0.05) is 48.5 Å². The van der Waals surface area contributed by atoms with Crippen LogP contribution in [0.4, 0.5) is 24.5 Å². The number of benzene rings is 3. The monoisotopic (exact) mass is 492 g/mol. The number of nitrogens with zero attached hydrogens (tertiary/aromatic N) is 1. The standard InChI is InChI=1S/C28H23F3N2O3/c29-28(30,31)23-11-4-5-12-24(23)32-25(34)19-9-6-10-20(15-19)33-26(35)21-14-13-18(16-22(21)27(33)36)17-7-2-1-3-8-17/h1-12,15,18,21-22H,13-14,16H2,(H,32,34)/t18-,21+,22+/m0/s1. The highest BCUT2D eigenvalue weighted by Gasteiger charge is 2.50. The van der Waals surface area contributed by atoms with Gasteiger partial charge >= 0.3 is 6.18 Å². The van der Waals surface area contributed by atoms with Gasteiger partial charge in [-0.2, -0.15) is 13.2 Å². The first kappa shape index (κ1) is 23.8. The Morgan fingerprint density at radius 3 is 2.28 bits per heavy atom. The van der Waals surface area contributed by atoms with Crippen molar-refractivity contribution in [1.29, 1.82) is 0 Å². The minimum absolute atomic E-state index is 0.0436. The van der Waals surface area contributed by atoms with E-state index in [-0.39, 0.29) is 34.7 Å². The number of anilines is 2. The molecule has 1 saturated carbocycles. The van der Waals surface area contributed by atoms with Crippen LogP contribution in [0.25, 0.3) is 0 Å². The second kappa shape index (κ2) is 9.26. The molecule has 8 heteroatoms. The first-order valence-corrected chi connectivity index (χ1v) is 11.7. The van der Waals surface area contributed by atoms with Crippen LogP contribution in [0.15, 0.2) is 78.9 Å². The molecule has 36 heavy (non-hydrogen) atoms. The summed E-state index contributed by atoms with van der Waals surface area (Å²) in [6.07, 6.45) is -2.66. The summed E-state index contributed by atoms with van der Waals surface area (Å²) in [4.78, 5) is 40.5. The van der Waals surface area contributed by atoms with Crippen LogP contribution in [-0.4, -0.2) is 17.7 Å². The van der Waals surface area contributed by atoms with Crippen LogP contribution in [0.1, 0.15) is 46.7 Å². The lowest BCUT2D eigenvalue weighted by molar-refractivity contribution is -0.137. The van der Waals surface area contributed by atoms with E-state index in [1.165, 1.54) is 36.4 Å². The normalized spacial score (nSPS) is 21.9. The molecule has 1 saturated heterocycles. The molecule has 1 aliphatic carbocycles. The van der Waals surface area contributed by atoms with Gasteiger partial charge in [0.15, 0.2) is 0 Å². The van der Waals surface area contributed by atoms with Crippen LogP contribution >= 0.6 is 0 Å². The van der Waals surface area contributed by atoms with E-state index in [0.717, 1.165) is 23.0 Å². The minimum atomic E-state index is -4.63. The van der Waals surface area contributed by atoms with Crippen molar-refractivity contribution in [3.63, 3.8) is 0 Å². The van der Waals surface area contributed by atoms with E-state index >= 15 is 0 Å². The van der Waals surface area contributed by atoms with Crippen molar-refractivity contribution in [3.05, 3.63) is 95.6 Å². The highest BCUT2D eigenvalue weighted by molar-refractivity contribution is 6.22. The van der Waals surface area contributed by atoms with E-state index in [0.29, 0.717) is 12.8 Å². The molecule has 0 spiro atoms. The van der Waals surface area contributed by atoms with Crippen molar-refractivity contribution in [3.8, 4) is 0 Å². The molecule has 1 N–H and O–H groups in total. The summed E-state index contributed by atoms with van der Waals surface area (Å²) in [5.41, 5.74) is 0.102. The van der Waals surface area contributed by atoms with Gasteiger partial charge < -0.3 is 5.32 Å². The van der Waals surface area contributed by atoms with Crippen molar-refractivity contribution < 1.29 is 27.6 Å². The number of carbonyl (C=O) groups is 3. The molecule has 0 radical (unpaired) electrons. The van der Waals surface area contributed by atoms with Gasteiger partial charge in [-0.25, -0.2) is 0 Å². The van der Waals surface area contributed by atoms with E-state index in [1.807, 2.05) is 30.3 Å². The predicted octanol–water partition coefficient (Wildman–Crippen LogP) is 6.03. The van der Waals surface area contributed by atoms with E-state index in [2.05, 4.69) is 5.32 Å². The lowest BCUT2D eigenvalue weighted by Gasteiger charge is -2.28. The Morgan fingerprint density at radius 2 is 1.53 bits per heavy atom. The highest BCUT2D eigenvalue weighted by Crippen LogP contribution is 2.45. The molecule has 1 aliphatic heterocycles. The molecular weight excluding hydrogens is 469 g/mol. The molecule has 2 fully saturated rings. The zero-order valence-corrected chi connectivity index (χ0v) is 19.2. The number of para-hydroxylation sites is 1. The number of nitrogens with one attached hydrogen (secondary N) is 1. The smallest absolute Gasteiger partial charge is 0.321 e. The number of fused-ring (bicyclic) bond motifs is 1. The average Bonchev–Trinajstić information content (AvgIpc) is 3.13. The Labute approximate surface area is 205 Å². The number of halogens is 3. The van der Waals surface area contributed by atoms with Crippen molar-refractivity contribution in [2.45, 2.75) is 31.4 Å². The molecule has 3 atom stereocenters. The topological polar surface area (TPSA) is 66.5 Å².